The normalized spacial score (nSPS) is 15.1. The van der Waals surface area contributed by atoms with Gasteiger partial charge in [0.2, 0.25) is 0 Å². The van der Waals surface area contributed by atoms with Crippen LogP contribution in [0.2, 0.25) is 0 Å². The van der Waals surface area contributed by atoms with E-state index in [4.69, 9.17) is 0 Å². The van der Waals surface area contributed by atoms with E-state index in [1.54, 1.807) is 0 Å². The van der Waals surface area contributed by atoms with Crippen LogP contribution < -0.4 is 0 Å². The lowest BCUT2D eigenvalue weighted by Gasteiger charge is -2.10. The van der Waals surface area contributed by atoms with Gasteiger partial charge in [0.15, 0.2) is 0 Å². The monoisotopic (exact) mass is 192 g/mol. The van der Waals surface area contributed by atoms with E-state index in [1.165, 1.54) is 0 Å². The second-order valence-corrected chi connectivity index (χ2v) is 2.06. The molecule has 0 N–H and O–H groups in total. The molecule has 0 aliphatic rings. The molecule has 0 amide bonds. The van der Waals surface area contributed by atoms with Gasteiger partial charge in [-0.05, 0) is 6.42 Å². The fourth-order valence-electron chi connectivity index (χ4n) is 0.582. The van der Waals surface area contributed by atoms with Gasteiger partial charge in [-0.15, -0.1) is 0 Å². The van der Waals surface area contributed by atoms with Gasteiger partial charge in [-0.25, -0.2) is 0 Å². The highest BCUT2D eigenvalue weighted by atomic mass is 19.4. The minimum absolute atomic E-state index is 0.678. The molecule has 0 rings (SSSR count). The van der Waals surface area contributed by atoms with E-state index in [1.807, 2.05) is 0 Å². The first-order valence-corrected chi connectivity index (χ1v) is 3.02. The molecule has 6 heteroatoms. The topological polar surface area (TPSA) is 0 Å². The SMILES string of the molecule is CC/C(=C/C(F)(F)F)C(F)(F)F. The predicted molar refractivity (Wildman–Crippen MR) is 30.5 cm³/mol. The third kappa shape index (κ3) is 4.25. The Bertz CT molecular complexity index is 171. The zero-order valence-corrected chi connectivity index (χ0v) is 6.05. The van der Waals surface area contributed by atoms with Crippen molar-refractivity contribution >= 4 is 0 Å². The minimum Gasteiger partial charge on any atom is -0.167 e. The number of hydrogen-bond donors (Lipinski definition) is 0. The maximum Gasteiger partial charge on any atom is 0.412 e. The van der Waals surface area contributed by atoms with Crippen molar-refractivity contribution in [1.29, 1.82) is 0 Å². The first-order valence-electron chi connectivity index (χ1n) is 3.02. The highest BCUT2D eigenvalue weighted by Gasteiger charge is 2.36. The lowest BCUT2D eigenvalue weighted by atomic mass is 10.2. The molecular weight excluding hydrogens is 186 g/mol. The second-order valence-electron chi connectivity index (χ2n) is 2.06. The molecule has 0 spiro atoms. The second kappa shape index (κ2) is 3.37. The van der Waals surface area contributed by atoms with E-state index < -0.39 is 30.4 Å². The van der Waals surface area contributed by atoms with Gasteiger partial charge < -0.3 is 0 Å². The Morgan fingerprint density at radius 1 is 1.08 bits per heavy atom. The van der Waals surface area contributed by atoms with Crippen LogP contribution in [0, 0.1) is 0 Å². The molecule has 0 aliphatic heterocycles. The van der Waals surface area contributed by atoms with Gasteiger partial charge in [0.25, 0.3) is 0 Å². The van der Waals surface area contributed by atoms with Crippen molar-refractivity contribution in [2.45, 2.75) is 25.7 Å². The highest BCUT2D eigenvalue weighted by molar-refractivity contribution is 5.10. The smallest absolute Gasteiger partial charge is 0.167 e. The average molecular weight is 192 g/mol. The fraction of sp³-hybridized carbons (Fsp3) is 0.667. The summed E-state index contributed by atoms with van der Waals surface area (Å²) in [5, 5.41) is 0. The van der Waals surface area contributed by atoms with Crippen molar-refractivity contribution in [3.8, 4) is 0 Å². The molecule has 0 fully saturated rings. The molecule has 12 heavy (non-hydrogen) atoms. The quantitative estimate of drug-likeness (QED) is 0.441. The van der Waals surface area contributed by atoms with E-state index in [-0.39, 0.29) is 0 Å². The van der Waals surface area contributed by atoms with Gasteiger partial charge in [-0.2, -0.15) is 26.3 Å². The summed E-state index contributed by atoms with van der Waals surface area (Å²) in [5.74, 6) is 0. The van der Waals surface area contributed by atoms with Crippen molar-refractivity contribution in [2.75, 3.05) is 0 Å². The van der Waals surface area contributed by atoms with E-state index in [2.05, 4.69) is 0 Å². The van der Waals surface area contributed by atoms with Crippen LogP contribution in [0.3, 0.4) is 0 Å². The Hall–Kier alpha value is -0.680. The van der Waals surface area contributed by atoms with Crippen molar-refractivity contribution in [3.05, 3.63) is 11.6 Å². The number of halogens is 6. The number of hydrogen-bond acceptors (Lipinski definition) is 0. The van der Waals surface area contributed by atoms with Crippen LogP contribution >= 0.6 is 0 Å². The summed E-state index contributed by atoms with van der Waals surface area (Å²) in [6, 6.07) is 0. The van der Waals surface area contributed by atoms with Crippen LogP contribution in [-0.2, 0) is 0 Å². The fourth-order valence-corrected chi connectivity index (χ4v) is 0.582. The summed E-state index contributed by atoms with van der Waals surface area (Å²) in [4.78, 5) is 0. The van der Waals surface area contributed by atoms with Gasteiger partial charge >= 0.3 is 12.4 Å². The maximum absolute atomic E-state index is 11.7. The van der Waals surface area contributed by atoms with E-state index in [9.17, 15) is 26.3 Å². The standard InChI is InChI=1S/C6H6F6/c1-2-4(6(10,11)12)3-5(7,8)9/h3H,2H2,1H3/b4-3-. The van der Waals surface area contributed by atoms with E-state index >= 15 is 0 Å². The molecule has 0 unspecified atom stereocenters. The minimum atomic E-state index is -4.90. The Labute approximate surface area is 64.9 Å². The van der Waals surface area contributed by atoms with E-state index in [0.717, 1.165) is 6.92 Å². The molecule has 0 aliphatic carbocycles. The van der Waals surface area contributed by atoms with Crippen LogP contribution in [0.25, 0.3) is 0 Å². The molecule has 0 nitrogen and oxygen atoms in total. The lowest BCUT2D eigenvalue weighted by Crippen LogP contribution is -2.15. The molecule has 0 bridgehead atoms. The molecule has 0 radical (unpaired) electrons. The number of allylic oxidation sites excluding steroid dienone is 2. The summed E-state index contributed by atoms with van der Waals surface area (Å²) in [5.41, 5.74) is -1.56. The van der Waals surface area contributed by atoms with Crippen molar-refractivity contribution in [2.24, 2.45) is 0 Å². The number of alkyl halides is 6. The first-order chi connectivity index (χ1) is 5.17. The molecule has 0 saturated carbocycles. The van der Waals surface area contributed by atoms with Crippen LogP contribution in [0.1, 0.15) is 13.3 Å². The van der Waals surface area contributed by atoms with Crippen LogP contribution in [-0.4, -0.2) is 12.4 Å². The first kappa shape index (κ1) is 11.3. The average Bonchev–Trinajstić information content (AvgIpc) is 1.78. The van der Waals surface area contributed by atoms with Crippen LogP contribution in [0.15, 0.2) is 11.6 Å². The third-order valence-electron chi connectivity index (χ3n) is 1.08. The Kier molecular flexibility index (Phi) is 3.17. The van der Waals surface area contributed by atoms with Gasteiger partial charge in [0, 0.05) is 11.6 Å². The summed E-state index contributed by atoms with van der Waals surface area (Å²) < 4.78 is 69.4. The lowest BCUT2D eigenvalue weighted by molar-refractivity contribution is -0.109. The van der Waals surface area contributed by atoms with Gasteiger partial charge in [0.05, 0.1) is 0 Å². The molecule has 0 heterocycles. The molecule has 0 aromatic heterocycles. The third-order valence-corrected chi connectivity index (χ3v) is 1.08. The molecule has 0 aromatic carbocycles. The molecule has 0 saturated heterocycles. The van der Waals surface area contributed by atoms with Crippen molar-refractivity contribution in [3.63, 3.8) is 0 Å². The van der Waals surface area contributed by atoms with Crippen LogP contribution in [0.4, 0.5) is 26.3 Å². The Balaban J connectivity index is 4.68. The van der Waals surface area contributed by atoms with Crippen molar-refractivity contribution < 1.29 is 26.3 Å². The highest BCUT2D eigenvalue weighted by Crippen LogP contribution is 2.31. The molecular formula is C6H6F6. The number of rotatable bonds is 1. The Morgan fingerprint density at radius 2 is 1.50 bits per heavy atom. The summed E-state index contributed by atoms with van der Waals surface area (Å²) in [6.07, 6.45) is -11.2. The zero-order valence-electron chi connectivity index (χ0n) is 6.05. The molecule has 0 atom stereocenters. The summed E-state index contributed by atoms with van der Waals surface area (Å²) in [6.45, 7) is 1.02. The summed E-state index contributed by atoms with van der Waals surface area (Å²) >= 11 is 0. The maximum atomic E-state index is 11.7. The molecule has 72 valence electrons. The molecule has 0 aromatic rings. The van der Waals surface area contributed by atoms with Gasteiger partial charge in [-0.1, -0.05) is 6.92 Å². The predicted octanol–water partition coefficient (Wildman–Crippen LogP) is 3.45. The van der Waals surface area contributed by atoms with Gasteiger partial charge in [-0.3, -0.25) is 0 Å². The zero-order chi connectivity index (χ0) is 9.99. The van der Waals surface area contributed by atoms with Gasteiger partial charge in [0.1, 0.15) is 0 Å². The van der Waals surface area contributed by atoms with Crippen molar-refractivity contribution in [1.82, 2.24) is 0 Å². The van der Waals surface area contributed by atoms with Crippen LogP contribution in [0.5, 0.6) is 0 Å². The largest absolute Gasteiger partial charge is 0.412 e. The Morgan fingerprint density at radius 3 is 1.58 bits per heavy atom. The summed E-state index contributed by atoms with van der Waals surface area (Å²) in [7, 11) is 0. The van der Waals surface area contributed by atoms with E-state index in [0.29, 0.717) is 0 Å².